The summed E-state index contributed by atoms with van der Waals surface area (Å²) in [6.45, 7) is 8.40. The Kier molecular flexibility index (Phi) is 2.36. The lowest BCUT2D eigenvalue weighted by molar-refractivity contribution is 1.14. The van der Waals surface area contributed by atoms with Crippen molar-refractivity contribution in [3.8, 4) is 0 Å². The smallest absolute Gasteiger partial charge is 0.0466 e. The quantitative estimate of drug-likeness (QED) is 0.766. The van der Waals surface area contributed by atoms with Crippen LogP contribution in [0.4, 0.5) is 5.69 Å². The van der Waals surface area contributed by atoms with Crippen molar-refractivity contribution in [1.29, 1.82) is 0 Å². The van der Waals surface area contributed by atoms with E-state index in [-0.39, 0.29) is 0 Å². The molecule has 17 heavy (non-hydrogen) atoms. The predicted octanol–water partition coefficient (Wildman–Crippen LogP) is 4.12. The topological polar surface area (TPSA) is 26.0 Å². The lowest BCUT2D eigenvalue weighted by Crippen LogP contribution is -2.00. The summed E-state index contributed by atoms with van der Waals surface area (Å²) in [7, 11) is 0. The molecule has 2 aliphatic carbocycles. The van der Waals surface area contributed by atoms with Crippen LogP contribution in [0.3, 0.4) is 0 Å². The first-order chi connectivity index (χ1) is 8.18. The molecule has 0 radical (unpaired) electrons. The lowest BCUT2D eigenvalue weighted by Gasteiger charge is -2.14. The summed E-state index contributed by atoms with van der Waals surface area (Å²) in [5.41, 5.74) is 11.9. The Morgan fingerprint density at radius 2 is 1.35 bits per heavy atom. The minimum absolute atomic E-state index is 0.668. The molecule has 2 fully saturated rings. The fourth-order valence-corrected chi connectivity index (χ4v) is 2.43. The number of nitrogens with two attached hydrogens (primary N) is 1. The molecular weight excluding hydrogens is 206 g/mol. The predicted molar refractivity (Wildman–Crippen MR) is 74.4 cm³/mol. The number of rotatable bonds is 4. The zero-order valence-corrected chi connectivity index (χ0v) is 10.2. The van der Waals surface area contributed by atoms with E-state index in [1.165, 1.54) is 36.8 Å². The molecule has 88 valence electrons. The van der Waals surface area contributed by atoms with E-state index in [1.807, 2.05) is 0 Å². The van der Waals surface area contributed by atoms with Crippen LogP contribution in [0.1, 0.15) is 36.8 Å². The molecule has 0 heterocycles. The highest BCUT2D eigenvalue weighted by Crippen LogP contribution is 2.46. The van der Waals surface area contributed by atoms with Crippen molar-refractivity contribution in [2.24, 2.45) is 11.8 Å². The van der Waals surface area contributed by atoms with Gasteiger partial charge in [-0.25, -0.2) is 0 Å². The maximum Gasteiger partial charge on any atom is 0.0466 e. The third-order valence-electron chi connectivity index (χ3n) is 3.94. The number of anilines is 1. The van der Waals surface area contributed by atoms with Gasteiger partial charge in [0.15, 0.2) is 0 Å². The highest BCUT2D eigenvalue weighted by molar-refractivity contribution is 5.85. The second-order valence-electron chi connectivity index (χ2n) is 5.37. The molecule has 2 saturated carbocycles. The van der Waals surface area contributed by atoms with Crippen molar-refractivity contribution in [3.63, 3.8) is 0 Å². The molecule has 0 aromatic heterocycles. The number of nitrogen functional groups attached to an aromatic ring is 1. The van der Waals surface area contributed by atoms with Crippen LogP contribution in [-0.4, -0.2) is 0 Å². The van der Waals surface area contributed by atoms with E-state index >= 15 is 0 Å². The summed E-state index contributed by atoms with van der Waals surface area (Å²) in [6.07, 6.45) is 5.08. The number of benzene rings is 1. The highest BCUT2D eigenvalue weighted by atomic mass is 14.6. The van der Waals surface area contributed by atoms with E-state index in [0.717, 1.165) is 16.8 Å². The first kappa shape index (κ1) is 10.6. The molecule has 2 aliphatic rings. The largest absolute Gasteiger partial charge is 0.398 e. The average molecular weight is 225 g/mol. The van der Waals surface area contributed by atoms with Crippen molar-refractivity contribution in [1.82, 2.24) is 0 Å². The Hall–Kier alpha value is -1.50. The molecule has 0 aliphatic heterocycles. The normalized spacial score (nSPS) is 19.1. The molecule has 0 spiro atoms. The maximum atomic E-state index is 6.29. The second-order valence-corrected chi connectivity index (χ2v) is 5.37. The van der Waals surface area contributed by atoms with Crippen LogP contribution < -0.4 is 5.73 Å². The van der Waals surface area contributed by atoms with E-state index in [2.05, 4.69) is 31.4 Å². The zero-order valence-electron chi connectivity index (χ0n) is 10.2. The highest BCUT2D eigenvalue weighted by Gasteiger charge is 2.29. The average Bonchev–Trinajstić information content (AvgIpc) is 3.20. The van der Waals surface area contributed by atoms with Crippen LogP contribution >= 0.6 is 0 Å². The molecule has 0 amide bonds. The maximum absolute atomic E-state index is 6.29. The number of allylic oxidation sites excluding steroid dienone is 2. The Morgan fingerprint density at radius 3 is 1.71 bits per heavy atom. The van der Waals surface area contributed by atoms with Gasteiger partial charge in [-0.3, -0.25) is 0 Å². The van der Waals surface area contributed by atoms with Crippen molar-refractivity contribution < 1.29 is 0 Å². The van der Waals surface area contributed by atoms with Gasteiger partial charge in [0.2, 0.25) is 0 Å². The fourth-order valence-electron chi connectivity index (χ4n) is 2.43. The van der Waals surface area contributed by atoms with Crippen LogP contribution in [0.2, 0.25) is 0 Å². The van der Waals surface area contributed by atoms with Gasteiger partial charge in [0, 0.05) is 16.8 Å². The molecule has 1 heteroatoms. The molecule has 0 saturated heterocycles. The van der Waals surface area contributed by atoms with Crippen molar-refractivity contribution >= 4 is 16.8 Å². The van der Waals surface area contributed by atoms with Crippen LogP contribution in [0.15, 0.2) is 31.4 Å². The van der Waals surface area contributed by atoms with E-state index in [0.29, 0.717) is 11.8 Å². The number of para-hydroxylation sites is 1. The number of hydrogen-bond donors (Lipinski definition) is 1. The third-order valence-corrected chi connectivity index (χ3v) is 3.94. The molecule has 1 aromatic rings. The van der Waals surface area contributed by atoms with E-state index in [9.17, 15) is 0 Å². The summed E-state index contributed by atoms with van der Waals surface area (Å²) >= 11 is 0. The van der Waals surface area contributed by atoms with E-state index in [1.54, 1.807) is 0 Å². The molecule has 0 bridgehead atoms. The first-order valence-corrected chi connectivity index (χ1v) is 6.45. The zero-order chi connectivity index (χ0) is 12.0. The molecule has 2 N–H and O–H groups in total. The molecule has 1 aromatic carbocycles. The first-order valence-electron chi connectivity index (χ1n) is 6.45. The minimum atomic E-state index is 0.668. The van der Waals surface area contributed by atoms with Crippen LogP contribution in [0, 0.1) is 11.8 Å². The van der Waals surface area contributed by atoms with Gasteiger partial charge < -0.3 is 5.73 Å². The van der Waals surface area contributed by atoms with Gasteiger partial charge in [0.05, 0.1) is 0 Å². The molecular formula is C16H19N. The molecule has 0 atom stereocenters. The monoisotopic (exact) mass is 225 g/mol. The van der Waals surface area contributed by atoms with Gasteiger partial charge in [0.25, 0.3) is 0 Å². The van der Waals surface area contributed by atoms with Crippen molar-refractivity contribution in [2.45, 2.75) is 25.7 Å². The van der Waals surface area contributed by atoms with Crippen molar-refractivity contribution in [3.05, 3.63) is 42.5 Å². The SMILES string of the molecule is C=C(c1cccc(C(=C)C2CC2)c1N)C1CC1. The van der Waals surface area contributed by atoms with Crippen molar-refractivity contribution in [2.75, 3.05) is 5.73 Å². The standard InChI is InChI=1S/C16H19N/c1-10(12-6-7-12)14-4-3-5-15(16(14)17)11(2)13-8-9-13/h3-5,12-13H,1-2,6-9,17H2. The van der Waals surface area contributed by atoms with E-state index < -0.39 is 0 Å². The summed E-state index contributed by atoms with van der Waals surface area (Å²) < 4.78 is 0. The Bertz CT molecular complexity index is 448. The minimum Gasteiger partial charge on any atom is -0.398 e. The summed E-state index contributed by atoms with van der Waals surface area (Å²) in [4.78, 5) is 0. The lowest BCUT2D eigenvalue weighted by atomic mass is 9.94. The Labute approximate surface area is 103 Å². The second kappa shape index (κ2) is 3.76. The van der Waals surface area contributed by atoms with Gasteiger partial charge in [-0.15, -0.1) is 0 Å². The van der Waals surface area contributed by atoms with Gasteiger partial charge >= 0.3 is 0 Å². The molecule has 1 nitrogen and oxygen atoms in total. The summed E-state index contributed by atoms with van der Waals surface area (Å²) in [6, 6.07) is 6.28. The van der Waals surface area contributed by atoms with Crippen LogP contribution in [0.5, 0.6) is 0 Å². The van der Waals surface area contributed by atoms with Crippen LogP contribution in [-0.2, 0) is 0 Å². The van der Waals surface area contributed by atoms with Gasteiger partial charge in [-0.2, -0.15) is 0 Å². The van der Waals surface area contributed by atoms with Gasteiger partial charge in [-0.05, 0) is 48.7 Å². The Balaban J connectivity index is 1.96. The molecule has 3 rings (SSSR count). The Morgan fingerprint density at radius 1 is 0.941 bits per heavy atom. The fraction of sp³-hybridized carbons (Fsp3) is 0.375. The molecule has 0 unspecified atom stereocenters. The van der Waals surface area contributed by atoms with Gasteiger partial charge in [0.1, 0.15) is 0 Å². The summed E-state index contributed by atoms with van der Waals surface area (Å²) in [5.74, 6) is 1.34. The summed E-state index contributed by atoms with van der Waals surface area (Å²) in [5, 5.41) is 0. The van der Waals surface area contributed by atoms with E-state index in [4.69, 9.17) is 5.73 Å². The van der Waals surface area contributed by atoms with Crippen LogP contribution in [0.25, 0.3) is 11.1 Å². The number of hydrogen-bond acceptors (Lipinski definition) is 1. The van der Waals surface area contributed by atoms with Gasteiger partial charge in [-0.1, -0.05) is 31.4 Å². The third kappa shape index (κ3) is 1.90.